The Hall–Kier alpha value is -3.85. The van der Waals surface area contributed by atoms with Crippen LogP contribution in [0.15, 0.2) is 41.3 Å². The number of furan rings is 1. The maximum Gasteiger partial charge on any atom is 0.322 e. The Balaban J connectivity index is 1.71. The average molecular weight is 451 g/mol. The summed E-state index contributed by atoms with van der Waals surface area (Å²) in [5.41, 5.74) is 0.512. The third-order valence-electron chi connectivity index (χ3n) is 5.81. The number of benzene rings is 1. The summed E-state index contributed by atoms with van der Waals surface area (Å²) in [6, 6.07) is 6.38. The van der Waals surface area contributed by atoms with Crippen molar-refractivity contribution >= 4 is 30.0 Å². The van der Waals surface area contributed by atoms with Crippen molar-refractivity contribution in [2.45, 2.75) is 12.0 Å². The average Bonchev–Trinajstić information content (AvgIpc) is 3.36. The molecule has 0 unspecified atom stereocenters. The van der Waals surface area contributed by atoms with E-state index in [9.17, 15) is 14.4 Å². The van der Waals surface area contributed by atoms with Gasteiger partial charge in [-0.2, -0.15) is 0 Å². The predicted molar refractivity (Wildman–Crippen MR) is 121 cm³/mol. The van der Waals surface area contributed by atoms with Crippen LogP contribution in [0, 0.1) is 0 Å². The minimum atomic E-state index is -1.58. The lowest BCUT2D eigenvalue weighted by Gasteiger charge is -2.34. The normalized spacial score (nSPS) is 20.1. The molecule has 9 heteroatoms. The van der Waals surface area contributed by atoms with Crippen LogP contribution in [0.1, 0.15) is 33.0 Å². The number of urea groups is 1. The second kappa shape index (κ2) is 8.95. The predicted octanol–water partition coefficient (Wildman–Crippen LogP) is 2.32. The molecule has 2 N–H and O–H groups in total. The first-order valence-electron chi connectivity index (χ1n) is 10.4. The Morgan fingerprint density at radius 2 is 2.06 bits per heavy atom. The number of carbonyl (C=O) groups is 3. The highest BCUT2D eigenvalue weighted by Crippen LogP contribution is 2.33. The number of hydrogen-bond acceptors (Lipinski definition) is 6. The molecule has 1 fully saturated rings. The molecule has 0 radical (unpaired) electrons. The number of ether oxygens (including phenoxy) is 2. The van der Waals surface area contributed by atoms with Gasteiger partial charge >= 0.3 is 6.03 Å². The van der Waals surface area contributed by atoms with Crippen molar-refractivity contribution in [3.8, 4) is 5.75 Å². The SMILES string of the molecule is C=Cc1oc([C@]2(CN3CCc4ccc(OC)cc4C3=O)NC(=O)NC2=O)cc1/C=C\COC. The number of rotatable bonds is 8. The number of nitrogens with zero attached hydrogens (tertiary/aromatic N) is 1. The first kappa shape index (κ1) is 22.3. The van der Waals surface area contributed by atoms with E-state index >= 15 is 0 Å². The summed E-state index contributed by atoms with van der Waals surface area (Å²) in [7, 11) is 3.11. The molecular formula is C24H25N3O6. The maximum absolute atomic E-state index is 13.3. The fraction of sp³-hybridized carbons (Fsp3) is 0.292. The van der Waals surface area contributed by atoms with Gasteiger partial charge in [-0.05, 0) is 36.3 Å². The van der Waals surface area contributed by atoms with Crippen LogP contribution < -0.4 is 15.4 Å². The van der Waals surface area contributed by atoms with Crippen LogP contribution in [0.5, 0.6) is 5.75 Å². The quantitative estimate of drug-likeness (QED) is 0.596. The molecule has 9 nitrogen and oxygen atoms in total. The highest BCUT2D eigenvalue weighted by Gasteiger charge is 2.52. The number of hydrogen-bond donors (Lipinski definition) is 2. The minimum Gasteiger partial charge on any atom is -0.497 e. The van der Waals surface area contributed by atoms with Crippen LogP contribution in [-0.4, -0.2) is 56.7 Å². The smallest absolute Gasteiger partial charge is 0.322 e. The van der Waals surface area contributed by atoms with Gasteiger partial charge in [-0.25, -0.2) is 4.79 Å². The molecule has 1 saturated heterocycles. The Bertz CT molecular complexity index is 1150. The number of fused-ring (bicyclic) bond motifs is 1. The summed E-state index contributed by atoms with van der Waals surface area (Å²) in [6.07, 6.45) is 5.70. The van der Waals surface area contributed by atoms with Crippen molar-refractivity contribution in [2.24, 2.45) is 0 Å². The van der Waals surface area contributed by atoms with E-state index in [0.29, 0.717) is 42.2 Å². The largest absolute Gasteiger partial charge is 0.497 e. The zero-order chi connectivity index (χ0) is 23.6. The number of amides is 4. The van der Waals surface area contributed by atoms with E-state index in [1.807, 2.05) is 12.1 Å². The van der Waals surface area contributed by atoms with Gasteiger partial charge in [0.2, 0.25) is 0 Å². The number of imide groups is 1. The Labute approximate surface area is 191 Å². The van der Waals surface area contributed by atoms with Gasteiger partial charge in [-0.15, -0.1) is 0 Å². The minimum absolute atomic E-state index is 0.0919. The van der Waals surface area contributed by atoms with Crippen molar-refractivity contribution in [2.75, 3.05) is 33.9 Å². The number of nitrogens with one attached hydrogen (secondary N) is 2. The first-order chi connectivity index (χ1) is 15.9. The monoisotopic (exact) mass is 451 g/mol. The van der Waals surface area contributed by atoms with E-state index in [2.05, 4.69) is 17.2 Å². The zero-order valence-electron chi connectivity index (χ0n) is 18.5. The molecule has 0 spiro atoms. The molecule has 0 saturated carbocycles. The van der Waals surface area contributed by atoms with E-state index in [-0.39, 0.29) is 18.2 Å². The lowest BCUT2D eigenvalue weighted by atomic mass is 9.92. The van der Waals surface area contributed by atoms with Gasteiger partial charge in [-0.1, -0.05) is 24.8 Å². The summed E-state index contributed by atoms with van der Waals surface area (Å²) < 4.78 is 16.2. The topological polar surface area (TPSA) is 110 Å². The molecule has 0 bridgehead atoms. The Morgan fingerprint density at radius 3 is 2.73 bits per heavy atom. The third-order valence-corrected chi connectivity index (χ3v) is 5.81. The second-order valence-corrected chi connectivity index (χ2v) is 7.81. The van der Waals surface area contributed by atoms with E-state index in [1.165, 1.54) is 13.2 Å². The van der Waals surface area contributed by atoms with Crippen molar-refractivity contribution < 1.29 is 28.3 Å². The second-order valence-electron chi connectivity index (χ2n) is 7.81. The lowest BCUT2D eigenvalue weighted by Crippen LogP contribution is -2.55. The van der Waals surface area contributed by atoms with Crippen LogP contribution in [0.3, 0.4) is 0 Å². The summed E-state index contributed by atoms with van der Waals surface area (Å²) in [5.74, 6) is 0.375. The van der Waals surface area contributed by atoms with Crippen molar-refractivity contribution in [1.82, 2.24) is 15.5 Å². The number of methoxy groups -OCH3 is 2. The third kappa shape index (κ3) is 4.03. The van der Waals surface area contributed by atoms with E-state index in [0.717, 1.165) is 5.56 Å². The molecular weight excluding hydrogens is 426 g/mol. The lowest BCUT2D eigenvalue weighted by molar-refractivity contribution is -0.125. The molecule has 33 heavy (non-hydrogen) atoms. The van der Waals surface area contributed by atoms with Gasteiger partial charge in [0.25, 0.3) is 11.8 Å². The summed E-state index contributed by atoms with van der Waals surface area (Å²) in [5, 5.41) is 4.96. The Morgan fingerprint density at radius 1 is 1.24 bits per heavy atom. The molecule has 4 amide bonds. The molecule has 2 aliphatic heterocycles. The van der Waals surface area contributed by atoms with E-state index in [4.69, 9.17) is 13.9 Å². The van der Waals surface area contributed by atoms with Gasteiger partial charge in [0.05, 0.1) is 20.3 Å². The van der Waals surface area contributed by atoms with Gasteiger partial charge in [-0.3, -0.25) is 14.9 Å². The molecule has 2 aromatic rings. The molecule has 0 aliphatic carbocycles. The summed E-state index contributed by atoms with van der Waals surface area (Å²) in [6.45, 7) is 4.45. The highest BCUT2D eigenvalue weighted by atomic mass is 16.5. The van der Waals surface area contributed by atoms with Crippen LogP contribution in [0.4, 0.5) is 4.79 Å². The molecule has 172 valence electrons. The van der Waals surface area contributed by atoms with Crippen LogP contribution >= 0.6 is 0 Å². The standard InChI is InChI=1S/C24H25N3O6/c1-4-19-16(6-5-11-31-2)12-20(33-19)24(22(29)25-23(30)26-24)14-27-10-9-15-7-8-17(32-3)13-18(15)21(27)28/h4-8,12-13H,1,9-11,14H2,2-3H3,(H2,25,26,29,30)/b6-5-/t24-/m0/s1. The summed E-state index contributed by atoms with van der Waals surface area (Å²) in [4.78, 5) is 40.0. The van der Waals surface area contributed by atoms with E-state index in [1.54, 1.807) is 36.3 Å². The van der Waals surface area contributed by atoms with Gasteiger partial charge in [0.15, 0.2) is 5.54 Å². The molecule has 2 aliphatic rings. The van der Waals surface area contributed by atoms with Gasteiger partial charge < -0.3 is 24.1 Å². The fourth-order valence-electron chi connectivity index (χ4n) is 4.11. The van der Waals surface area contributed by atoms with Crippen molar-refractivity contribution in [3.63, 3.8) is 0 Å². The molecule has 1 atom stereocenters. The molecule has 3 heterocycles. The summed E-state index contributed by atoms with van der Waals surface area (Å²) >= 11 is 0. The molecule has 4 rings (SSSR count). The molecule has 1 aromatic carbocycles. The molecule has 1 aromatic heterocycles. The fourth-order valence-corrected chi connectivity index (χ4v) is 4.11. The Kier molecular flexibility index (Phi) is 6.06. The van der Waals surface area contributed by atoms with Crippen molar-refractivity contribution in [3.05, 3.63) is 65.1 Å². The first-order valence-corrected chi connectivity index (χ1v) is 10.4. The van der Waals surface area contributed by atoms with Crippen LogP contribution in [0.25, 0.3) is 12.2 Å². The van der Waals surface area contributed by atoms with Crippen LogP contribution in [0.2, 0.25) is 0 Å². The van der Waals surface area contributed by atoms with Gasteiger partial charge in [0.1, 0.15) is 17.3 Å². The van der Waals surface area contributed by atoms with Crippen LogP contribution in [-0.2, 0) is 21.5 Å². The maximum atomic E-state index is 13.3. The van der Waals surface area contributed by atoms with E-state index < -0.39 is 17.5 Å². The van der Waals surface area contributed by atoms with Gasteiger partial charge in [0, 0.05) is 24.8 Å². The number of carbonyl (C=O) groups excluding carboxylic acids is 3. The van der Waals surface area contributed by atoms with Crippen molar-refractivity contribution in [1.29, 1.82) is 0 Å². The zero-order valence-corrected chi connectivity index (χ0v) is 18.5. The highest BCUT2D eigenvalue weighted by molar-refractivity contribution is 6.08.